The smallest absolute Gasteiger partial charge is 0.311 e. The van der Waals surface area contributed by atoms with Crippen molar-refractivity contribution < 1.29 is 19.1 Å². The molecule has 1 aliphatic heterocycles. The highest BCUT2D eigenvalue weighted by atomic mass is 16.5. The molecule has 2 aromatic carbocycles. The quantitative estimate of drug-likeness (QED) is 0.673. The zero-order valence-corrected chi connectivity index (χ0v) is 18.6. The van der Waals surface area contributed by atoms with Crippen LogP contribution < -0.4 is 10.2 Å². The Morgan fingerprint density at radius 1 is 1.19 bits per heavy atom. The maximum absolute atomic E-state index is 12.6. The van der Waals surface area contributed by atoms with Crippen LogP contribution in [0.1, 0.15) is 49.3 Å². The first-order valence-corrected chi connectivity index (χ1v) is 10.7. The van der Waals surface area contributed by atoms with Crippen molar-refractivity contribution in [3.63, 3.8) is 0 Å². The highest BCUT2D eigenvalue weighted by Crippen LogP contribution is 2.33. The van der Waals surface area contributed by atoms with Crippen LogP contribution in [0.3, 0.4) is 0 Å². The van der Waals surface area contributed by atoms with Crippen LogP contribution in [0.5, 0.6) is 0 Å². The number of para-hydroxylation sites is 1. The molecule has 31 heavy (non-hydrogen) atoms. The number of nitrogens with one attached hydrogen (secondary N) is 1. The number of carbonyl (C=O) groups is 3. The second kappa shape index (κ2) is 9.77. The number of aryl methyl sites for hydroxylation is 2. The Hall–Kier alpha value is -3.15. The van der Waals surface area contributed by atoms with E-state index in [-0.39, 0.29) is 25.5 Å². The molecule has 1 fully saturated rings. The molecule has 2 atom stereocenters. The summed E-state index contributed by atoms with van der Waals surface area (Å²) in [6, 6.07) is 13.6. The maximum Gasteiger partial charge on any atom is 0.311 e. The fraction of sp³-hybridized carbons (Fsp3) is 0.400. The van der Waals surface area contributed by atoms with Gasteiger partial charge in [-0.25, -0.2) is 0 Å². The Morgan fingerprint density at radius 3 is 2.68 bits per heavy atom. The molecule has 1 N–H and O–H groups in total. The summed E-state index contributed by atoms with van der Waals surface area (Å²) in [6.45, 7) is 7.97. The summed E-state index contributed by atoms with van der Waals surface area (Å²) in [5.74, 6) is -1.29. The number of hydrogen-bond donors (Lipinski definition) is 1. The molecule has 0 aliphatic carbocycles. The first kappa shape index (κ1) is 22.5. The van der Waals surface area contributed by atoms with E-state index >= 15 is 0 Å². The lowest BCUT2D eigenvalue weighted by Gasteiger charge is -2.23. The lowest BCUT2D eigenvalue weighted by atomic mass is 9.96. The molecule has 0 aromatic heterocycles. The van der Waals surface area contributed by atoms with Crippen LogP contribution in [0.2, 0.25) is 0 Å². The van der Waals surface area contributed by atoms with E-state index in [2.05, 4.69) is 19.2 Å². The van der Waals surface area contributed by atoms with Crippen LogP contribution >= 0.6 is 0 Å². The molecular formula is C25H30N2O4. The number of ether oxygens (including phenoxy) is 1. The van der Waals surface area contributed by atoms with Gasteiger partial charge in [-0.3, -0.25) is 14.4 Å². The minimum atomic E-state index is -0.578. The number of hydrogen-bond acceptors (Lipinski definition) is 4. The van der Waals surface area contributed by atoms with Crippen molar-refractivity contribution in [2.24, 2.45) is 5.92 Å². The van der Waals surface area contributed by atoms with Gasteiger partial charge in [0.15, 0.2) is 6.61 Å². The summed E-state index contributed by atoms with van der Waals surface area (Å²) >= 11 is 0. The van der Waals surface area contributed by atoms with E-state index in [1.54, 1.807) is 4.90 Å². The molecule has 6 heteroatoms. The minimum Gasteiger partial charge on any atom is -0.455 e. The molecule has 1 saturated heterocycles. The molecule has 0 radical (unpaired) electrons. The van der Waals surface area contributed by atoms with Crippen LogP contribution in [-0.4, -0.2) is 30.9 Å². The zero-order chi connectivity index (χ0) is 22.5. The van der Waals surface area contributed by atoms with Gasteiger partial charge in [-0.05, 0) is 55.0 Å². The third-order valence-corrected chi connectivity index (χ3v) is 5.84. The van der Waals surface area contributed by atoms with Gasteiger partial charge in [0, 0.05) is 24.3 Å². The normalized spacial score (nSPS) is 16.8. The van der Waals surface area contributed by atoms with Crippen LogP contribution in [0, 0.1) is 19.8 Å². The first-order chi connectivity index (χ1) is 14.8. The summed E-state index contributed by atoms with van der Waals surface area (Å²) < 4.78 is 5.23. The molecule has 3 rings (SSSR count). The second-order valence-corrected chi connectivity index (χ2v) is 8.25. The van der Waals surface area contributed by atoms with Gasteiger partial charge in [-0.15, -0.1) is 0 Å². The molecule has 1 heterocycles. The van der Waals surface area contributed by atoms with Gasteiger partial charge in [-0.1, -0.05) is 44.2 Å². The highest BCUT2D eigenvalue weighted by Gasteiger charge is 2.37. The predicted octanol–water partition coefficient (Wildman–Crippen LogP) is 4.35. The van der Waals surface area contributed by atoms with Crippen molar-refractivity contribution in [1.82, 2.24) is 0 Å². The van der Waals surface area contributed by atoms with Gasteiger partial charge in [0.25, 0.3) is 5.91 Å². The zero-order valence-electron chi connectivity index (χ0n) is 18.6. The van der Waals surface area contributed by atoms with Crippen molar-refractivity contribution in [3.8, 4) is 0 Å². The van der Waals surface area contributed by atoms with Crippen molar-refractivity contribution in [3.05, 3.63) is 59.2 Å². The molecular weight excluding hydrogens is 392 g/mol. The van der Waals surface area contributed by atoms with Crippen LogP contribution in [-0.2, 0) is 19.1 Å². The van der Waals surface area contributed by atoms with Crippen LogP contribution in [0.15, 0.2) is 42.5 Å². The van der Waals surface area contributed by atoms with Gasteiger partial charge < -0.3 is 15.0 Å². The fourth-order valence-corrected chi connectivity index (χ4v) is 3.78. The van der Waals surface area contributed by atoms with E-state index in [9.17, 15) is 14.4 Å². The van der Waals surface area contributed by atoms with E-state index in [1.807, 2.05) is 56.3 Å². The number of carbonyl (C=O) groups excluding carboxylic acids is 3. The Morgan fingerprint density at radius 2 is 1.94 bits per heavy atom. The Bertz CT molecular complexity index is 985. The third kappa shape index (κ3) is 5.32. The van der Waals surface area contributed by atoms with E-state index < -0.39 is 17.8 Å². The Labute approximate surface area is 183 Å². The Balaban J connectivity index is 1.60. The van der Waals surface area contributed by atoms with Gasteiger partial charge in [0.1, 0.15) is 0 Å². The van der Waals surface area contributed by atoms with Crippen LogP contribution in [0.25, 0.3) is 0 Å². The lowest BCUT2D eigenvalue weighted by molar-refractivity contribution is -0.151. The second-order valence-electron chi connectivity index (χ2n) is 8.25. The summed E-state index contributed by atoms with van der Waals surface area (Å²) in [7, 11) is 0. The monoisotopic (exact) mass is 422 g/mol. The molecule has 2 amide bonds. The highest BCUT2D eigenvalue weighted by molar-refractivity contribution is 6.00. The topological polar surface area (TPSA) is 75.7 Å². The minimum absolute atomic E-state index is 0.0896. The van der Waals surface area contributed by atoms with Crippen molar-refractivity contribution in [2.45, 2.75) is 46.5 Å². The number of nitrogens with zero attached hydrogens (tertiary/aromatic N) is 1. The summed E-state index contributed by atoms with van der Waals surface area (Å²) in [5.41, 5.74) is 4.61. The van der Waals surface area contributed by atoms with E-state index in [0.717, 1.165) is 28.8 Å². The number of rotatable bonds is 7. The van der Waals surface area contributed by atoms with E-state index in [4.69, 9.17) is 4.74 Å². The molecule has 0 bridgehead atoms. The number of benzene rings is 2. The third-order valence-electron chi connectivity index (χ3n) is 5.84. The average molecular weight is 423 g/mol. The molecule has 164 valence electrons. The van der Waals surface area contributed by atoms with Crippen molar-refractivity contribution in [2.75, 3.05) is 23.4 Å². The average Bonchev–Trinajstić information content (AvgIpc) is 3.15. The summed E-state index contributed by atoms with van der Waals surface area (Å²) in [5, 5.41) is 2.77. The number of esters is 1. The van der Waals surface area contributed by atoms with Gasteiger partial charge in [0.05, 0.1) is 5.92 Å². The van der Waals surface area contributed by atoms with Crippen molar-refractivity contribution in [1.29, 1.82) is 0 Å². The van der Waals surface area contributed by atoms with Gasteiger partial charge in [0.2, 0.25) is 5.91 Å². The summed E-state index contributed by atoms with van der Waals surface area (Å²) in [6.07, 6.45) is 1.05. The molecule has 0 saturated carbocycles. The number of amides is 2. The summed E-state index contributed by atoms with van der Waals surface area (Å²) in [4.78, 5) is 39.1. The SMILES string of the molecule is CC[C@@H](C)c1ccccc1N1C[C@H](C(=O)OCC(=O)Nc2cc(C)ccc2C)CC1=O. The van der Waals surface area contributed by atoms with Gasteiger partial charge >= 0.3 is 5.97 Å². The van der Waals surface area contributed by atoms with Crippen LogP contribution in [0.4, 0.5) is 11.4 Å². The van der Waals surface area contributed by atoms with E-state index in [0.29, 0.717) is 11.6 Å². The van der Waals surface area contributed by atoms with E-state index in [1.165, 1.54) is 0 Å². The Kier molecular flexibility index (Phi) is 7.10. The fourth-order valence-electron chi connectivity index (χ4n) is 3.78. The molecule has 0 spiro atoms. The predicted molar refractivity (Wildman–Crippen MR) is 121 cm³/mol. The standard InChI is InChI=1S/C25H30N2O4/c1-5-17(3)20-8-6-7-9-22(20)27-14-19(13-24(27)29)25(30)31-15-23(28)26-21-12-16(2)10-11-18(21)4/h6-12,17,19H,5,13-15H2,1-4H3,(H,26,28)/t17-,19-/m1/s1. The first-order valence-electron chi connectivity index (χ1n) is 10.7. The largest absolute Gasteiger partial charge is 0.455 e. The molecule has 2 aromatic rings. The lowest BCUT2D eigenvalue weighted by Crippen LogP contribution is -2.29. The molecule has 0 unspecified atom stereocenters. The van der Waals surface area contributed by atoms with Gasteiger partial charge in [-0.2, -0.15) is 0 Å². The number of anilines is 2. The maximum atomic E-state index is 12.6. The molecule has 6 nitrogen and oxygen atoms in total. The molecule has 1 aliphatic rings. The van der Waals surface area contributed by atoms with Crippen molar-refractivity contribution >= 4 is 29.2 Å².